The van der Waals surface area contributed by atoms with Gasteiger partial charge in [0.05, 0.1) is 16.3 Å². The molecular formula is C20H29N5O5S2. The predicted molar refractivity (Wildman–Crippen MR) is 120 cm³/mol. The van der Waals surface area contributed by atoms with E-state index in [2.05, 4.69) is 15.5 Å². The molecular weight excluding hydrogens is 454 g/mol. The van der Waals surface area contributed by atoms with Gasteiger partial charge in [0.25, 0.3) is 0 Å². The molecule has 1 saturated heterocycles. The molecule has 0 radical (unpaired) electrons. The maximum absolute atomic E-state index is 13.3. The molecule has 0 bridgehead atoms. The minimum absolute atomic E-state index is 0.0469. The second kappa shape index (κ2) is 9.30. The number of H-pyrrole nitrogens is 1. The van der Waals surface area contributed by atoms with Crippen LogP contribution in [0.3, 0.4) is 0 Å². The van der Waals surface area contributed by atoms with Gasteiger partial charge in [0.2, 0.25) is 26.0 Å². The largest absolute Gasteiger partial charge is 0.326 e. The molecule has 2 aromatic rings. The minimum atomic E-state index is -3.83. The van der Waals surface area contributed by atoms with Crippen LogP contribution in [0.5, 0.6) is 0 Å². The van der Waals surface area contributed by atoms with Crippen molar-refractivity contribution in [3.05, 3.63) is 35.2 Å². The number of hydrogen-bond acceptors (Lipinski definition) is 6. The summed E-state index contributed by atoms with van der Waals surface area (Å²) in [5, 5.41) is 9.38. The average Bonchev–Trinajstić information content (AvgIpc) is 2.92. The third kappa shape index (κ3) is 4.72. The molecule has 0 atom stereocenters. The smallest absolute Gasteiger partial charge is 0.246 e. The van der Waals surface area contributed by atoms with E-state index in [9.17, 15) is 21.6 Å². The second-order valence-corrected chi connectivity index (χ2v) is 11.6. The van der Waals surface area contributed by atoms with E-state index in [0.29, 0.717) is 35.5 Å². The Balaban J connectivity index is 1.81. The van der Waals surface area contributed by atoms with Crippen molar-refractivity contribution in [2.24, 2.45) is 0 Å². The number of carbonyl (C=O) groups excluding carboxylic acids is 1. The summed E-state index contributed by atoms with van der Waals surface area (Å²) in [5.74, 6) is -0.156. The van der Waals surface area contributed by atoms with Gasteiger partial charge in [-0.05, 0) is 51.0 Å². The molecule has 32 heavy (non-hydrogen) atoms. The van der Waals surface area contributed by atoms with Gasteiger partial charge in [-0.3, -0.25) is 9.89 Å². The summed E-state index contributed by atoms with van der Waals surface area (Å²) < 4.78 is 55.5. The number of aryl methyl sites for hydroxylation is 3. The SMILES string of the molecule is CCC(=O)Nc1ccc(S(=O)(=O)N2CCCN(S(=O)(=O)c3c(C)n[nH]c3C)CC2)c(C)c1. The van der Waals surface area contributed by atoms with Crippen LogP contribution in [0.2, 0.25) is 0 Å². The number of hydrogen-bond donors (Lipinski definition) is 2. The second-order valence-electron chi connectivity index (χ2n) is 7.81. The van der Waals surface area contributed by atoms with E-state index in [1.807, 2.05) is 0 Å². The Bertz CT molecular complexity index is 1200. The highest BCUT2D eigenvalue weighted by Gasteiger charge is 2.34. The number of nitrogens with zero attached hydrogens (tertiary/aromatic N) is 3. The van der Waals surface area contributed by atoms with Gasteiger partial charge in [0.15, 0.2) is 0 Å². The zero-order valence-corrected chi connectivity index (χ0v) is 20.3. The summed E-state index contributed by atoms with van der Waals surface area (Å²) in [5.41, 5.74) is 1.90. The molecule has 12 heteroatoms. The van der Waals surface area contributed by atoms with Crippen LogP contribution in [-0.2, 0) is 24.8 Å². The van der Waals surface area contributed by atoms with Crippen molar-refractivity contribution in [2.45, 2.75) is 50.3 Å². The quantitative estimate of drug-likeness (QED) is 0.643. The Labute approximate surface area is 189 Å². The van der Waals surface area contributed by atoms with Gasteiger partial charge in [-0.1, -0.05) is 6.92 Å². The standard InChI is InChI=1S/C20H29N5O5S2/c1-5-19(26)21-17-7-8-18(14(2)13-17)31(27,28)24-9-6-10-25(12-11-24)32(29,30)20-15(3)22-23-16(20)4/h7-8,13H,5-6,9-12H2,1-4H3,(H,21,26)(H,22,23). The monoisotopic (exact) mass is 483 g/mol. The minimum Gasteiger partial charge on any atom is -0.326 e. The number of carbonyl (C=O) groups is 1. The normalized spacial score (nSPS) is 16.6. The summed E-state index contributed by atoms with van der Waals surface area (Å²) in [4.78, 5) is 11.9. The Hall–Kier alpha value is -2.28. The summed E-state index contributed by atoms with van der Waals surface area (Å²) in [7, 11) is -7.61. The topological polar surface area (TPSA) is 133 Å². The van der Waals surface area contributed by atoms with Crippen molar-refractivity contribution >= 4 is 31.6 Å². The molecule has 1 aromatic heterocycles. The fourth-order valence-corrected chi connectivity index (χ4v) is 7.28. The number of rotatable bonds is 6. The van der Waals surface area contributed by atoms with Crippen LogP contribution in [0.25, 0.3) is 0 Å². The maximum Gasteiger partial charge on any atom is 0.246 e. The van der Waals surface area contributed by atoms with Gasteiger partial charge >= 0.3 is 0 Å². The summed E-state index contributed by atoms with van der Waals surface area (Å²) in [6, 6.07) is 4.67. The van der Waals surface area contributed by atoms with Gasteiger partial charge in [-0.15, -0.1) is 0 Å². The molecule has 1 aromatic carbocycles. The molecule has 0 aliphatic carbocycles. The van der Waals surface area contributed by atoms with Gasteiger partial charge in [0.1, 0.15) is 4.90 Å². The van der Waals surface area contributed by atoms with Gasteiger partial charge in [-0.2, -0.15) is 13.7 Å². The molecule has 1 aliphatic heterocycles. The summed E-state index contributed by atoms with van der Waals surface area (Å²) >= 11 is 0. The molecule has 10 nitrogen and oxygen atoms in total. The van der Waals surface area contributed by atoms with E-state index in [-0.39, 0.29) is 41.9 Å². The van der Waals surface area contributed by atoms with E-state index in [1.165, 1.54) is 14.7 Å². The Morgan fingerprint density at radius 1 is 1.03 bits per heavy atom. The zero-order chi connectivity index (χ0) is 23.7. The first kappa shape index (κ1) is 24.4. The van der Waals surface area contributed by atoms with Crippen LogP contribution in [-0.4, -0.2) is 67.7 Å². The number of nitrogens with one attached hydrogen (secondary N) is 2. The average molecular weight is 484 g/mol. The fraction of sp³-hybridized carbons (Fsp3) is 0.500. The predicted octanol–water partition coefficient (Wildman–Crippen LogP) is 1.77. The molecule has 2 N–H and O–H groups in total. The summed E-state index contributed by atoms with van der Waals surface area (Å²) in [6.07, 6.45) is 0.697. The molecule has 176 valence electrons. The molecule has 2 heterocycles. The number of anilines is 1. The van der Waals surface area contributed by atoms with Crippen LogP contribution in [0.15, 0.2) is 28.0 Å². The number of benzene rings is 1. The first-order valence-electron chi connectivity index (χ1n) is 10.4. The lowest BCUT2D eigenvalue weighted by atomic mass is 10.2. The molecule has 0 saturated carbocycles. The number of amides is 1. The van der Waals surface area contributed by atoms with E-state index in [1.54, 1.807) is 39.8 Å². The van der Waals surface area contributed by atoms with Crippen LogP contribution in [0.1, 0.15) is 36.7 Å². The Kier molecular flexibility index (Phi) is 7.08. The van der Waals surface area contributed by atoms with E-state index < -0.39 is 20.0 Å². The first-order valence-corrected chi connectivity index (χ1v) is 13.3. The van der Waals surface area contributed by atoms with E-state index in [0.717, 1.165) is 0 Å². The highest BCUT2D eigenvalue weighted by Crippen LogP contribution is 2.26. The first-order chi connectivity index (χ1) is 15.0. The summed E-state index contributed by atoms with van der Waals surface area (Å²) in [6.45, 7) is 7.22. The van der Waals surface area contributed by atoms with Gasteiger partial charge in [0, 0.05) is 38.3 Å². The van der Waals surface area contributed by atoms with Crippen LogP contribution >= 0.6 is 0 Å². The fourth-order valence-electron chi connectivity index (χ4n) is 3.81. The highest BCUT2D eigenvalue weighted by atomic mass is 32.2. The van der Waals surface area contributed by atoms with Gasteiger partial charge in [-0.25, -0.2) is 16.8 Å². The Morgan fingerprint density at radius 2 is 1.66 bits per heavy atom. The van der Waals surface area contributed by atoms with Crippen LogP contribution in [0, 0.1) is 20.8 Å². The Morgan fingerprint density at radius 3 is 2.19 bits per heavy atom. The molecule has 1 amide bonds. The molecule has 3 rings (SSSR count). The van der Waals surface area contributed by atoms with Crippen molar-refractivity contribution in [2.75, 3.05) is 31.5 Å². The number of aromatic nitrogens is 2. The highest BCUT2D eigenvalue weighted by molar-refractivity contribution is 7.89. The van der Waals surface area contributed by atoms with Crippen molar-refractivity contribution in [1.29, 1.82) is 0 Å². The van der Waals surface area contributed by atoms with Crippen LogP contribution < -0.4 is 5.32 Å². The number of sulfonamides is 2. The van der Waals surface area contributed by atoms with E-state index in [4.69, 9.17) is 0 Å². The van der Waals surface area contributed by atoms with Crippen molar-refractivity contribution in [1.82, 2.24) is 18.8 Å². The zero-order valence-electron chi connectivity index (χ0n) is 18.7. The van der Waals surface area contributed by atoms with Crippen molar-refractivity contribution < 1.29 is 21.6 Å². The lowest BCUT2D eigenvalue weighted by Crippen LogP contribution is -2.37. The molecule has 1 aliphatic rings. The maximum atomic E-state index is 13.3. The van der Waals surface area contributed by atoms with Crippen molar-refractivity contribution in [3.8, 4) is 0 Å². The van der Waals surface area contributed by atoms with Gasteiger partial charge < -0.3 is 5.32 Å². The third-order valence-electron chi connectivity index (χ3n) is 5.47. The number of aromatic amines is 1. The van der Waals surface area contributed by atoms with Crippen LogP contribution in [0.4, 0.5) is 5.69 Å². The third-order valence-corrected chi connectivity index (χ3v) is 9.69. The molecule has 1 fully saturated rings. The lowest BCUT2D eigenvalue weighted by Gasteiger charge is -2.22. The molecule has 0 spiro atoms. The molecule has 0 unspecified atom stereocenters. The lowest BCUT2D eigenvalue weighted by molar-refractivity contribution is -0.115. The van der Waals surface area contributed by atoms with Crippen molar-refractivity contribution in [3.63, 3.8) is 0 Å². The van der Waals surface area contributed by atoms with E-state index >= 15 is 0 Å².